The molecule has 108 valence electrons. The van der Waals surface area contributed by atoms with Crippen molar-refractivity contribution in [1.82, 2.24) is 15.5 Å². The van der Waals surface area contributed by atoms with Crippen molar-refractivity contribution < 1.29 is 13.7 Å². The van der Waals surface area contributed by atoms with Gasteiger partial charge in [0.25, 0.3) is 5.89 Å². The Morgan fingerprint density at radius 3 is 3.14 bits per heavy atom. The molecule has 0 radical (unpaired) electrons. The highest BCUT2D eigenvalue weighted by atomic mass is 32.1. The summed E-state index contributed by atoms with van der Waals surface area (Å²) in [7, 11) is 0. The van der Waals surface area contributed by atoms with Crippen LogP contribution in [0.25, 0.3) is 20.9 Å². The van der Waals surface area contributed by atoms with Crippen LogP contribution in [0.1, 0.15) is 11.9 Å². The van der Waals surface area contributed by atoms with E-state index < -0.39 is 0 Å². The fourth-order valence-corrected chi connectivity index (χ4v) is 3.32. The van der Waals surface area contributed by atoms with E-state index in [2.05, 4.69) is 15.5 Å². The van der Waals surface area contributed by atoms with Crippen LogP contribution in [0.2, 0.25) is 0 Å². The number of benzene rings is 1. The summed E-state index contributed by atoms with van der Waals surface area (Å²) >= 11 is 1.43. The first-order valence-electron chi connectivity index (χ1n) is 6.65. The van der Waals surface area contributed by atoms with Crippen LogP contribution >= 0.6 is 11.3 Å². The molecule has 4 rings (SSSR count). The second-order valence-corrected chi connectivity index (χ2v) is 5.90. The van der Waals surface area contributed by atoms with Crippen molar-refractivity contribution in [3.05, 3.63) is 35.9 Å². The molecule has 0 spiro atoms. The molecule has 1 aromatic carbocycles. The first-order chi connectivity index (χ1) is 10.3. The summed E-state index contributed by atoms with van der Waals surface area (Å²) in [5.74, 6) is 0.741. The monoisotopic (exact) mass is 305 g/mol. The molecule has 1 fully saturated rings. The first kappa shape index (κ1) is 12.9. The molecule has 5 nitrogen and oxygen atoms in total. The lowest BCUT2D eigenvalue weighted by atomic mass is 10.2. The predicted octanol–water partition coefficient (Wildman–Crippen LogP) is 2.75. The summed E-state index contributed by atoms with van der Waals surface area (Å²) in [6, 6.07) is 6.63. The van der Waals surface area contributed by atoms with Crippen LogP contribution in [0.3, 0.4) is 0 Å². The Morgan fingerprint density at radius 1 is 1.33 bits per heavy atom. The summed E-state index contributed by atoms with van der Waals surface area (Å²) in [5.41, 5.74) is 0. The number of thiophene rings is 1. The number of rotatable bonds is 2. The number of fused-ring (bicyclic) bond motifs is 1. The third-order valence-corrected chi connectivity index (χ3v) is 4.44. The maximum absolute atomic E-state index is 13.2. The molecule has 1 atom stereocenters. The van der Waals surface area contributed by atoms with Crippen molar-refractivity contribution in [1.29, 1.82) is 0 Å². The minimum Gasteiger partial charge on any atom is -0.367 e. The van der Waals surface area contributed by atoms with E-state index in [1.54, 1.807) is 6.07 Å². The van der Waals surface area contributed by atoms with Crippen molar-refractivity contribution in [3.8, 4) is 10.8 Å². The minimum absolute atomic E-state index is 0.178. The highest BCUT2D eigenvalue weighted by molar-refractivity contribution is 7.22. The fraction of sp³-hybridized carbons (Fsp3) is 0.286. The highest BCUT2D eigenvalue weighted by Crippen LogP contribution is 2.33. The Bertz CT molecular complexity index is 779. The SMILES string of the molecule is Fc1ccc2cc(-c3nc(C4CNCCO4)no3)sc2c1. The summed E-state index contributed by atoms with van der Waals surface area (Å²) in [6.45, 7) is 2.15. The topological polar surface area (TPSA) is 60.2 Å². The largest absolute Gasteiger partial charge is 0.367 e. The average Bonchev–Trinajstić information content (AvgIpc) is 3.14. The molecule has 1 saturated heterocycles. The fourth-order valence-electron chi connectivity index (χ4n) is 2.31. The molecule has 3 heterocycles. The lowest BCUT2D eigenvalue weighted by Crippen LogP contribution is -2.33. The van der Waals surface area contributed by atoms with Crippen LogP contribution in [-0.4, -0.2) is 29.8 Å². The summed E-state index contributed by atoms with van der Waals surface area (Å²) in [6.07, 6.45) is -0.178. The van der Waals surface area contributed by atoms with Crippen LogP contribution in [0.5, 0.6) is 0 Å². The number of aromatic nitrogens is 2. The van der Waals surface area contributed by atoms with Gasteiger partial charge in [0.05, 0.1) is 11.5 Å². The molecule has 0 amide bonds. The van der Waals surface area contributed by atoms with E-state index in [0.29, 0.717) is 24.9 Å². The molecule has 7 heteroatoms. The summed E-state index contributed by atoms with van der Waals surface area (Å²) < 4.78 is 25.0. The zero-order valence-corrected chi connectivity index (χ0v) is 11.8. The van der Waals surface area contributed by atoms with E-state index in [-0.39, 0.29) is 11.9 Å². The Hall–Kier alpha value is -1.83. The normalized spacial score (nSPS) is 19.2. The van der Waals surface area contributed by atoms with E-state index in [1.807, 2.05) is 6.07 Å². The van der Waals surface area contributed by atoms with Crippen molar-refractivity contribution >= 4 is 21.4 Å². The zero-order chi connectivity index (χ0) is 14.2. The van der Waals surface area contributed by atoms with E-state index in [4.69, 9.17) is 9.26 Å². The summed E-state index contributed by atoms with van der Waals surface area (Å²) in [5, 5.41) is 8.17. The predicted molar refractivity (Wildman–Crippen MR) is 76.6 cm³/mol. The number of nitrogens with one attached hydrogen (secondary N) is 1. The van der Waals surface area contributed by atoms with Crippen LogP contribution in [0.15, 0.2) is 28.8 Å². The molecule has 21 heavy (non-hydrogen) atoms. The third-order valence-electron chi connectivity index (χ3n) is 3.35. The van der Waals surface area contributed by atoms with Gasteiger partial charge in [0.1, 0.15) is 11.9 Å². The number of halogens is 1. The molecule has 1 aliphatic heterocycles. The molecule has 0 saturated carbocycles. The van der Waals surface area contributed by atoms with E-state index in [1.165, 1.54) is 23.5 Å². The van der Waals surface area contributed by atoms with Crippen molar-refractivity contribution in [2.24, 2.45) is 0 Å². The maximum Gasteiger partial charge on any atom is 0.268 e. The lowest BCUT2D eigenvalue weighted by Gasteiger charge is -2.20. The van der Waals surface area contributed by atoms with Gasteiger partial charge in [0.2, 0.25) is 5.82 Å². The molecule has 1 N–H and O–H groups in total. The van der Waals surface area contributed by atoms with Gasteiger partial charge in [-0.05, 0) is 23.6 Å². The number of hydrogen-bond donors (Lipinski definition) is 1. The Kier molecular flexibility index (Phi) is 3.17. The molecule has 0 aliphatic carbocycles. The Balaban J connectivity index is 1.67. The van der Waals surface area contributed by atoms with Gasteiger partial charge >= 0.3 is 0 Å². The van der Waals surface area contributed by atoms with Crippen molar-refractivity contribution in [3.63, 3.8) is 0 Å². The van der Waals surface area contributed by atoms with E-state index in [0.717, 1.165) is 21.5 Å². The van der Waals surface area contributed by atoms with Crippen molar-refractivity contribution in [2.75, 3.05) is 19.7 Å². The average molecular weight is 305 g/mol. The quantitative estimate of drug-likeness (QED) is 0.789. The molecule has 3 aromatic rings. The van der Waals surface area contributed by atoms with Gasteiger partial charge in [-0.2, -0.15) is 4.98 Å². The van der Waals surface area contributed by atoms with Gasteiger partial charge in [0.15, 0.2) is 0 Å². The van der Waals surface area contributed by atoms with Gasteiger partial charge in [0, 0.05) is 17.8 Å². The maximum atomic E-state index is 13.2. The number of ether oxygens (including phenoxy) is 1. The number of hydrogen-bond acceptors (Lipinski definition) is 6. The van der Waals surface area contributed by atoms with E-state index >= 15 is 0 Å². The molecule has 1 unspecified atom stereocenters. The Morgan fingerprint density at radius 2 is 2.29 bits per heavy atom. The standard InChI is InChI=1S/C14H12FN3O2S/c15-9-2-1-8-5-12(21-11(8)6-9)14-17-13(18-20-14)10-7-16-3-4-19-10/h1-2,5-6,10,16H,3-4,7H2. The van der Waals surface area contributed by atoms with Crippen LogP contribution in [-0.2, 0) is 4.74 Å². The highest BCUT2D eigenvalue weighted by Gasteiger charge is 2.22. The van der Waals surface area contributed by atoms with Gasteiger partial charge in [-0.25, -0.2) is 4.39 Å². The van der Waals surface area contributed by atoms with Gasteiger partial charge in [-0.15, -0.1) is 11.3 Å². The smallest absolute Gasteiger partial charge is 0.268 e. The van der Waals surface area contributed by atoms with Crippen LogP contribution in [0, 0.1) is 5.82 Å². The van der Waals surface area contributed by atoms with E-state index in [9.17, 15) is 4.39 Å². The molecule has 2 aromatic heterocycles. The zero-order valence-electron chi connectivity index (χ0n) is 11.0. The van der Waals surface area contributed by atoms with Crippen molar-refractivity contribution in [2.45, 2.75) is 6.10 Å². The molecular weight excluding hydrogens is 293 g/mol. The second kappa shape index (κ2) is 5.18. The number of morpholine rings is 1. The first-order valence-corrected chi connectivity index (χ1v) is 7.47. The molecular formula is C14H12FN3O2S. The lowest BCUT2D eigenvalue weighted by molar-refractivity contribution is 0.0208. The summed E-state index contributed by atoms with van der Waals surface area (Å²) in [4.78, 5) is 5.23. The van der Waals surface area contributed by atoms with Crippen LogP contribution < -0.4 is 5.32 Å². The second-order valence-electron chi connectivity index (χ2n) is 4.81. The van der Waals surface area contributed by atoms with Gasteiger partial charge < -0.3 is 14.6 Å². The van der Waals surface area contributed by atoms with Gasteiger partial charge in [-0.1, -0.05) is 11.2 Å². The third kappa shape index (κ3) is 2.44. The Labute approximate surface area is 123 Å². The van der Waals surface area contributed by atoms with Crippen LogP contribution in [0.4, 0.5) is 4.39 Å². The number of nitrogens with zero attached hydrogens (tertiary/aromatic N) is 2. The molecule has 0 bridgehead atoms. The van der Waals surface area contributed by atoms with Gasteiger partial charge in [-0.3, -0.25) is 0 Å². The minimum atomic E-state index is -0.246. The molecule has 1 aliphatic rings.